The average Bonchev–Trinajstić information content (AvgIpc) is 3.14. The number of anilines is 1. The molecule has 3 rings (SSSR count). The number of furan rings is 1. The molecule has 0 bridgehead atoms. The molecule has 164 valence electrons. The SMILES string of the molecule is Cc1ccc(C(C)NC(=O)c2ccc(S(=O)(=O)Nc3cccc(C(F)(F)F)c3)cc2)o1. The minimum absolute atomic E-state index is 0.198. The number of nitrogens with one attached hydrogen (secondary N) is 2. The van der Waals surface area contributed by atoms with Crippen molar-refractivity contribution in [2.45, 2.75) is 31.0 Å². The molecule has 1 unspecified atom stereocenters. The van der Waals surface area contributed by atoms with Crippen LogP contribution in [-0.2, 0) is 16.2 Å². The highest BCUT2D eigenvalue weighted by molar-refractivity contribution is 7.92. The van der Waals surface area contributed by atoms with Gasteiger partial charge >= 0.3 is 6.18 Å². The van der Waals surface area contributed by atoms with Crippen LogP contribution in [0.4, 0.5) is 18.9 Å². The lowest BCUT2D eigenvalue weighted by Crippen LogP contribution is -2.26. The standard InChI is InChI=1S/C21H19F3N2O4S/c1-13-6-11-19(30-13)14(2)25-20(27)15-7-9-18(10-8-15)31(28,29)26-17-5-3-4-16(12-17)21(22,23)24/h3-12,14,26H,1-2H3,(H,25,27). The Labute approximate surface area is 177 Å². The molecule has 31 heavy (non-hydrogen) atoms. The summed E-state index contributed by atoms with van der Waals surface area (Å²) in [5.41, 5.74) is -0.979. The molecular weight excluding hydrogens is 433 g/mol. The molecule has 0 saturated heterocycles. The van der Waals surface area contributed by atoms with Crippen molar-refractivity contribution in [2.75, 3.05) is 4.72 Å². The van der Waals surface area contributed by atoms with E-state index in [0.29, 0.717) is 17.6 Å². The second kappa shape index (κ2) is 8.46. The Morgan fingerprint density at radius 1 is 1.03 bits per heavy atom. The van der Waals surface area contributed by atoms with Gasteiger partial charge in [0, 0.05) is 11.3 Å². The van der Waals surface area contributed by atoms with Gasteiger partial charge in [-0.3, -0.25) is 9.52 Å². The summed E-state index contributed by atoms with van der Waals surface area (Å²) in [6.45, 7) is 3.53. The number of amides is 1. The number of alkyl halides is 3. The molecule has 2 N–H and O–H groups in total. The summed E-state index contributed by atoms with van der Waals surface area (Å²) in [5, 5.41) is 2.74. The third-order valence-corrected chi connectivity index (χ3v) is 5.80. The van der Waals surface area contributed by atoms with Crippen LogP contribution in [0, 0.1) is 6.92 Å². The first-order valence-corrected chi connectivity index (χ1v) is 10.6. The summed E-state index contributed by atoms with van der Waals surface area (Å²) in [7, 11) is -4.15. The van der Waals surface area contributed by atoms with Crippen LogP contribution >= 0.6 is 0 Å². The molecule has 0 aliphatic carbocycles. The lowest BCUT2D eigenvalue weighted by molar-refractivity contribution is -0.137. The molecule has 3 aromatic rings. The Morgan fingerprint density at radius 2 is 1.71 bits per heavy atom. The fourth-order valence-electron chi connectivity index (χ4n) is 2.80. The van der Waals surface area contributed by atoms with Gasteiger partial charge in [0.25, 0.3) is 15.9 Å². The first kappa shape index (κ1) is 22.4. The first-order valence-electron chi connectivity index (χ1n) is 9.13. The van der Waals surface area contributed by atoms with Crippen molar-refractivity contribution >= 4 is 21.6 Å². The smallest absolute Gasteiger partial charge is 0.416 e. The maximum atomic E-state index is 12.8. The quantitative estimate of drug-likeness (QED) is 0.557. The van der Waals surface area contributed by atoms with E-state index in [4.69, 9.17) is 4.42 Å². The number of sulfonamides is 1. The van der Waals surface area contributed by atoms with Crippen molar-refractivity contribution in [1.29, 1.82) is 0 Å². The summed E-state index contributed by atoms with van der Waals surface area (Å²) in [6.07, 6.45) is -4.60. The van der Waals surface area contributed by atoms with E-state index in [-0.39, 0.29) is 16.1 Å². The first-order chi connectivity index (χ1) is 14.5. The van der Waals surface area contributed by atoms with E-state index in [9.17, 15) is 26.4 Å². The van der Waals surface area contributed by atoms with Crippen molar-refractivity contribution < 1.29 is 30.8 Å². The number of hydrogen-bond acceptors (Lipinski definition) is 4. The van der Waals surface area contributed by atoms with E-state index < -0.39 is 33.7 Å². The average molecular weight is 452 g/mol. The molecule has 0 saturated carbocycles. The Hall–Kier alpha value is -3.27. The fraction of sp³-hybridized carbons (Fsp3) is 0.190. The monoisotopic (exact) mass is 452 g/mol. The van der Waals surface area contributed by atoms with Crippen LogP contribution in [0.15, 0.2) is 70.0 Å². The highest BCUT2D eigenvalue weighted by Crippen LogP contribution is 2.31. The van der Waals surface area contributed by atoms with Gasteiger partial charge in [0.1, 0.15) is 11.5 Å². The van der Waals surface area contributed by atoms with Crippen molar-refractivity contribution in [3.05, 3.63) is 83.3 Å². The molecule has 2 aromatic carbocycles. The lowest BCUT2D eigenvalue weighted by Gasteiger charge is -2.13. The van der Waals surface area contributed by atoms with Gasteiger partial charge in [-0.2, -0.15) is 13.2 Å². The van der Waals surface area contributed by atoms with Crippen LogP contribution in [0.2, 0.25) is 0 Å². The van der Waals surface area contributed by atoms with Gasteiger partial charge in [0.15, 0.2) is 0 Å². The second-order valence-electron chi connectivity index (χ2n) is 6.85. The predicted molar refractivity (Wildman–Crippen MR) is 108 cm³/mol. The summed E-state index contributed by atoms with van der Waals surface area (Å²) >= 11 is 0. The summed E-state index contributed by atoms with van der Waals surface area (Å²) in [5.74, 6) is 0.852. The number of carbonyl (C=O) groups excluding carboxylic acids is 1. The molecule has 1 amide bonds. The molecular formula is C21H19F3N2O4S. The Kier molecular flexibility index (Phi) is 6.12. The van der Waals surface area contributed by atoms with Gasteiger partial charge < -0.3 is 9.73 Å². The van der Waals surface area contributed by atoms with Crippen LogP contribution in [0.5, 0.6) is 0 Å². The zero-order valence-corrected chi connectivity index (χ0v) is 17.3. The maximum Gasteiger partial charge on any atom is 0.416 e. The van der Waals surface area contributed by atoms with Crippen LogP contribution in [0.3, 0.4) is 0 Å². The predicted octanol–water partition coefficient (Wildman–Crippen LogP) is 4.90. The maximum absolute atomic E-state index is 12.8. The number of rotatable bonds is 6. The van der Waals surface area contributed by atoms with E-state index in [2.05, 4.69) is 10.0 Å². The topological polar surface area (TPSA) is 88.4 Å². The van der Waals surface area contributed by atoms with Gasteiger partial charge in [0.2, 0.25) is 0 Å². The molecule has 0 fully saturated rings. The van der Waals surface area contributed by atoms with Crippen molar-refractivity contribution in [3.8, 4) is 0 Å². The van der Waals surface area contributed by atoms with Crippen LogP contribution in [0.25, 0.3) is 0 Å². The normalized spacial score (nSPS) is 12.9. The number of benzene rings is 2. The second-order valence-corrected chi connectivity index (χ2v) is 8.53. The summed E-state index contributed by atoms with van der Waals surface area (Å²) < 4.78 is 71.0. The van der Waals surface area contributed by atoms with Crippen LogP contribution in [0.1, 0.15) is 40.4 Å². The van der Waals surface area contributed by atoms with E-state index in [1.54, 1.807) is 26.0 Å². The van der Waals surface area contributed by atoms with Gasteiger partial charge in [0.05, 0.1) is 16.5 Å². The number of hydrogen-bond donors (Lipinski definition) is 2. The highest BCUT2D eigenvalue weighted by atomic mass is 32.2. The molecule has 0 aliphatic heterocycles. The minimum atomic E-state index is -4.60. The largest absolute Gasteiger partial charge is 0.464 e. The number of carbonyl (C=O) groups is 1. The molecule has 1 aromatic heterocycles. The zero-order chi connectivity index (χ0) is 22.8. The van der Waals surface area contributed by atoms with Crippen LogP contribution in [-0.4, -0.2) is 14.3 Å². The molecule has 1 heterocycles. The Morgan fingerprint density at radius 3 is 2.29 bits per heavy atom. The minimum Gasteiger partial charge on any atom is -0.464 e. The van der Waals surface area contributed by atoms with E-state index in [1.807, 2.05) is 0 Å². The molecule has 0 aliphatic rings. The summed E-state index contributed by atoms with van der Waals surface area (Å²) in [6, 6.07) is 12.0. The summed E-state index contributed by atoms with van der Waals surface area (Å²) in [4.78, 5) is 12.2. The van der Waals surface area contributed by atoms with Gasteiger partial charge in [-0.15, -0.1) is 0 Å². The number of halogens is 3. The fourth-order valence-corrected chi connectivity index (χ4v) is 3.85. The zero-order valence-electron chi connectivity index (χ0n) is 16.5. The Bertz CT molecular complexity index is 1190. The number of aryl methyl sites for hydroxylation is 1. The van der Waals surface area contributed by atoms with Crippen molar-refractivity contribution in [2.24, 2.45) is 0 Å². The molecule has 0 radical (unpaired) electrons. The van der Waals surface area contributed by atoms with Crippen molar-refractivity contribution in [3.63, 3.8) is 0 Å². The third-order valence-electron chi connectivity index (χ3n) is 4.40. The van der Waals surface area contributed by atoms with E-state index in [1.165, 1.54) is 30.3 Å². The van der Waals surface area contributed by atoms with E-state index in [0.717, 1.165) is 12.1 Å². The third kappa shape index (κ3) is 5.46. The molecule has 1 atom stereocenters. The van der Waals surface area contributed by atoms with Gasteiger partial charge in [-0.1, -0.05) is 6.07 Å². The van der Waals surface area contributed by atoms with Crippen molar-refractivity contribution in [1.82, 2.24) is 5.32 Å². The van der Waals surface area contributed by atoms with Gasteiger partial charge in [-0.05, 0) is 68.4 Å². The van der Waals surface area contributed by atoms with Gasteiger partial charge in [-0.25, -0.2) is 8.42 Å². The molecule has 0 spiro atoms. The van der Waals surface area contributed by atoms with Crippen LogP contribution < -0.4 is 10.0 Å². The highest BCUT2D eigenvalue weighted by Gasteiger charge is 2.30. The Balaban J connectivity index is 1.72. The lowest BCUT2D eigenvalue weighted by atomic mass is 10.2. The van der Waals surface area contributed by atoms with E-state index >= 15 is 0 Å². The molecule has 6 nitrogen and oxygen atoms in total. The molecule has 10 heteroatoms.